The molecule has 1 N–H and O–H groups in total. The number of nitrogens with zero attached hydrogens (tertiary/aromatic N) is 3. The van der Waals surface area contributed by atoms with Gasteiger partial charge in [0.25, 0.3) is 0 Å². The third-order valence-corrected chi connectivity index (χ3v) is 4.87. The van der Waals surface area contributed by atoms with E-state index in [-0.39, 0.29) is 24.2 Å². The van der Waals surface area contributed by atoms with Crippen LogP contribution in [0.5, 0.6) is 0 Å². The van der Waals surface area contributed by atoms with E-state index in [0.717, 1.165) is 42.0 Å². The first-order valence-electron chi connectivity index (χ1n) is 8.34. The molecule has 2 heterocycles. The van der Waals surface area contributed by atoms with Crippen molar-refractivity contribution in [2.24, 2.45) is 13.0 Å². The summed E-state index contributed by atoms with van der Waals surface area (Å²) in [4.78, 5) is 26.6. The van der Waals surface area contributed by atoms with E-state index < -0.39 is 0 Å². The van der Waals surface area contributed by atoms with Crippen LogP contribution in [0.15, 0.2) is 30.3 Å². The van der Waals surface area contributed by atoms with E-state index in [0.29, 0.717) is 6.54 Å². The van der Waals surface area contributed by atoms with Crippen molar-refractivity contribution in [2.45, 2.75) is 25.7 Å². The van der Waals surface area contributed by atoms with Crippen LogP contribution in [-0.4, -0.2) is 28.1 Å². The molecule has 0 bridgehead atoms. The molecule has 2 aromatic rings. The molecule has 6 nitrogen and oxygen atoms in total. The van der Waals surface area contributed by atoms with Gasteiger partial charge in [0, 0.05) is 31.3 Å². The molecule has 24 heavy (non-hydrogen) atoms. The average molecular weight is 324 g/mol. The van der Waals surface area contributed by atoms with Gasteiger partial charge in [-0.05, 0) is 31.4 Å². The number of carbonyl (C=O) groups excluding carboxylic acids is 2. The molecule has 1 aromatic carbocycles. The van der Waals surface area contributed by atoms with Crippen LogP contribution < -0.4 is 10.2 Å². The molecule has 0 saturated carbocycles. The van der Waals surface area contributed by atoms with Gasteiger partial charge in [-0.3, -0.25) is 14.3 Å². The van der Waals surface area contributed by atoms with E-state index in [4.69, 9.17) is 0 Å². The molecular formula is C18H20N4O2. The van der Waals surface area contributed by atoms with E-state index >= 15 is 0 Å². The van der Waals surface area contributed by atoms with E-state index in [1.54, 1.807) is 9.58 Å². The average Bonchev–Trinajstić information content (AvgIpc) is 3.25. The Hall–Kier alpha value is -2.63. The highest BCUT2D eigenvalue weighted by atomic mass is 16.2. The van der Waals surface area contributed by atoms with Gasteiger partial charge in [-0.25, -0.2) is 0 Å². The number of nitrogens with one attached hydrogen (secondary N) is 1. The molecule has 4 rings (SSSR count). The van der Waals surface area contributed by atoms with Crippen molar-refractivity contribution < 1.29 is 9.59 Å². The number of fused-ring (bicyclic) bond motifs is 1. The molecule has 2 aliphatic rings. The Kier molecular flexibility index (Phi) is 3.59. The summed E-state index contributed by atoms with van der Waals surface area (Å²) in [7, 11) is 1.85. The molecular weight excluding hydrogens is 304 g/mol. The zero-order chi connectivity index (χ0) is 16.7. The molecule has 124 valence electrons. The smallest absolute Gasteiger partial charge is 0.230 e. The Morgan fingerprint density at radius 1 is 1.25 bits per heavy atom. The van der Waals surface area contributed by atoms with E-state index in [2.05, 4.69) is 10.4 Å². The second kappa shape index (κ2) is 5.78. The van der Waals surface area contributed by atoms with Crippen LogP contribution in [0.3, 0.4) is 0 Å². The maximum atomic E-state index is 12.7. The lowest BCUT2D eigenvalue weighted by atomic mass is 10.1. The number of aryl methyl sites for hydroxylation is 2. The minimum atomic E-state index is -0.329. The van der Waals surface area contributed by atoms with Gasteiger partial charge in [0.05, 0.1) is 11.6 Å². The quantitative estimate of drug-likeness (QED) is 0.938. The summed E-state index contributed by atoms with van der Waals surface area (Å²) in [5, 5.41) is 7.48. The van der Waals surface area contributed by atoms with Crippen LogP contribution in [0.25, 0.3) is 0 Å². The number of hydrogen-bond donors (Lipinski definition) is 1. The van der Waals surface area contributed by atoms with E-state index in [1.807, 2.05) is 37.4 Å². The van der Waals surface area contributed by atoms with Gasteiger partial charge in [-0.15, -0.1) is 0 Å². The summed E-state index contributed by atoms with van der Waals surface area (Å²) in [6.45, 7) is 0.425. The number of anilines is 2. The topological polar surface area (TPSA) is 67.2 Å². The van der Waals surface area contributed by atoms with Gasteiger partial charge in [-0.1, -0.05) is 18.2 Å². The summed E-state index contributed by atoms with van der Waals surface area (Å²) in [5.74, 6) is 0.360. The normalized spacial score (nSPS) is 19.6. The third kappa shape index (κ3) is 2.48. The summed E-state index contributed by atoms with van der Waals surface area (Å²) < 4.78 is 1.74. The lowest BCUT2D eigenvalue weighted by Gasteiger charge is -2.16. The minimum absolute atomic E-state index is 0.00316. The van der Waals surface area contributed by atoms with Crippen LogP contribution in [0, 0.1) is 5.92 Å². The lowest BCUT2D eigenvalue weighted by Crippen LogP contribution is -2.28. The highest BCUT2D eigenvalue weighted by Crippen LogP contribution is 2.30. The minimum Gasteiger partial charge on any atom is -0.312 e. The summed E-state index contributed by atoms with van der Waals surface area (Å²) in [5.41, 5.74) is 3.08. The Morgan fingerprint density at radius 2 is 2.04 bits per heavy atom. The predicted molar refractivity (Wildman–Crippen MR) is 90.8 cm³/mol. The number of aromatic nitrogens is 2. The van der Waals surface area contributed by atoms with E-state index in [1.165, 1.54) is 0 Å². The van der Waals surface area contributed by atoms with Gasteiger partial charge in [-0.2, -0.15) is 5.10 Å². The highest BCUT2D eigenvalue weighted by Gasteiger charge is 2.36. The summed E-state index contributed by atoms with van der Waals surface area (Å²) in [6, 6.07) is 9.50. The van der Waals surface area contributed by atoms with Crippen LogP contribution >= 0.6 is 0 Å². The molecule has 1 unspecified atom stereocenters. The van der Waals surface area contributed by atoms with Crippen LogP contribution in [-0.2, 0) is 29.5 Å². The Bertz CT molecular complexity index is 797. The molecule has 1 saturated heterocycles. The van der Waals surface area contributed by atoms with Gasteiger partial charge >= 0.3 is 0 Å². The summed E-state index contributed by atoms with van der Waals surface area (Å²) >= 11 is 0. The van der Waals surface area contributed by atoms with Gasteiger partial charge < -0.3 is 10.2 Å². The maximum absolute atomic E-state index is 12.7. The first kappa shape index (κ1) is 14.9. The van der Waals surface area contributed by atoms with Crippen LogP contribution in [0.4, 0.5) is 11.5 Å². The molecule has 1 atom stereocenters. The van der Waals surface area contributed by atoms with Crippen molar-refractivity contribution in [1.82, 2.24) is 9.78 Å². The Labute approximate surface area is 140 Å². The fraction of sp³-hybridized carbons (Fsp3) is 0.389. The number of carbonyl (C=O) groups is 2. The number of benzene rings is 1. The van der Waals surface area contributed by atoms with Crippen LogP contribution in [0.2, 0.25) is 0 Å². The Morgan fingerprint density at radius 3 is 2.83 bits per heavy atom. The molecule has 0 radical (unpaired) electrons. The standard InChI is InChI=1S/C18H20N4O2/c1-21-17(14-8-5-9-15(14)20-21)19-18(24)12-10-16(23)22(11-12)13-6-3-2-4-7-13/h2-4,6-7,12H,5,8-11H2,1H3,(H,19,24). The van der Waals surface area contributed by atoms with Crippen molar-refractivity contribution in [1.29, 1.82) is 0 Å². The molecule has 0 spiro atoms. The zero-order valence-corrected chi connectivity index (χ0v) is 13.7. The second-order valence-corrected chi connectivity index (χ2v) is 6.48. The van der Waals surface area contributed by atoms with E-state index in [9.17, 15) is 9.59 Å². The molecule has 1 aromatic heterocycles. The van der Waals surface area contributed by atoms with Crippen LogP contribution in [0.1, 0.15) is 24.1 Å². The number of rotatable bonds is 3. The molecule has 1 fully saturated rings. The molecule has 1 aliphatic heterocycles. The second-order valence-electron chi connectivity index (χ2n) is 6.48. The zero-order valence-electron chi connectivity index (χ0n) is 13.7. The molecule has 6 heteroatoms. The van der Waals surface area contributed by atoms with Gasteiger partial charge in [0.1, 0.15) is 5.82 Å². The number of para-hydroxylation sites is 1. The first-order chi connectivity index (χ1) is 11.6. The third-order valence-electron chi connectivity index (χ3n) is 4.87. The first-order valence-corrected chi connectivity index (χ1v) is 8.34. The predicted octanol–water partition coefficient (Wildman–Crippen LogP) is 1.90. The summed E-state index contributed by atoms with van der Waals surface area (Å²) in [6.07, 6.45) is 3.27. The lowest BCUT2D eigenvalue weighted by molar-refractivity contribution is -0.122. The van der Waals surface area contributed by atoms with Gasteiger partial charge in [0.2, 0.25) is 11.8 Å². The maximum Gasteiger partial charge on any atom is 0.230 e. The molecule has 2 amide bonds. The van der Waals surface area contributed by atoms with Crippen molar-refractivity contribution >= 4 is 23.3 Å². The van der Waals surface area contributed by atoms with Crippen molar-refractivity contribution in [3.8, 4) is 0 Å². The van der Waals surface area contributed by atoms with Crippen molar-refractivity contribution in [3.05, 3.63) is 41.6 Å². The fourth-order valence-electron chi connectivity index (χ4n) is 3.64. The van der Waals surface area contributed by atoms with Gasteiger partial charge in [0.15, 0.2) is 0 Å². The number of hydrogen-bond acceptors (Lipinski definition) is 3. The fourth-order valence-corrected chi connectivity index (χ4v) is 3.64. The number of amides is 2. The van der Waals surface area contributed by atoms with Crippen molar-refractivity contribution in [2.75, 3.05) is 16.8 Å². The van der Waals surface area contributed by atoms with Crippen molar-refractivity contribution in [3.63, 3.8) is 0 Å². The highest BCUT2D eigenvalue weighted by molar-refractivity contribution is 6.03. The molecule has 1 aliphatic carbocycles. The monoisotopic (exact) mass is 324 g/mol. The SMILES string of the molecule is Cn1nc2c(c1NC(=O)C1CC(=O)N(c3ccccc3)C1)CCC2. The largest absolute Gasteiger partial charge is 0.312 e. The Balaban J connectivity index is 1.49.